The van der Waals surface area contributed by atoms with E-state index in [4.69, 9.17) is 0 Å². The molecule has 0 unspecified atom stereocenters. The highest BCUT2D eigenvalue weighted by Gasteiger charge is 2.01. The highest BCUT2D eigenvalue weighted by atomic mass is 79.9. The van der Waals surface area contributed by atoms with E-state index in [-0.39, 0.29) is 0 Å². The lowest BCUT2D eigenvalue weighted by atomic mass is 10.7. The van der Waals surface area contributed by atoms with Gasteiger partial charge < -0.3 is 0 Å². The first kappa shape index (κ1) is 8.11. The van der Waals surface area contributed by atoms with Crippen molar-refractivity contribution in [2.75, 3.05) is 6.26 Å². The van der Waals surface area contributed by atoms with Gasteiger partial charge in [-0.2, -0.15) is 0 Å². The van der Waals surface area contributed by atoms with Gasteiger partial charge in [0.25, 0.3) is 0 Å². The van der Waals surface area contributed by atoms with E-state index in [1.54, 1.807) is 23.1 Å². The van der Waals surface area contributed by atoms with Gasteiger partial charge in [0.2, 0.25) is 0 Å². The van der Waals surface area contributed by atoms with Crippen molar-refractivity contribution in [1.82, 2.24) is 0 Å². The highest BCUT2D eigenvalue weighted by Crippen LogP contribution is 2.36. The second kappa shape index (κ2) is 3.42. The molecule has 0 spiro atoms. The Balaban J connectivity index is 3.01. The summed E-state index contributed by atoms with van der Waals surface area (Å²) in [5.74, 6) is 0. The van der Waals surface area contributed by atoms with Gasteiger partial charge in [0, 0.05) is 4.47 Å². The average Bonchev–Trinajstić information content (AvgIpc) is 2.10. The molecule has 0 nitrogen and oxygen atoms in total. The molecule has 0 fully saturated rings. The van der Waals surface area contributed by atoms with E-state index in [0.29, 0.717) is 0 Å². The summed E-state index contributed by atoms with van der Waals surface area (Å²) in [4.78, 5) is 0. The first-order valence-electron chi connectivity index (χ1n) is 2.23. The second-order valence-corrected chi connectivity index (χ2v) is 5.75. The molecule has 0 radical (unpaired) electrons. The maximum absolute atomic E-state index is 3.44. The molecular weight excluding hydrogens is 284 g/mol. The van der Waals surface area contributed by atoms with Crippen LogP contribution in [0.2, 0.25) is 0 Å². The Morgan fingerprint density at radius 2 is 2.22 bits per heavy atom. The molecule has 0 aliphatic rings. The van der Waals surface area contributed by atoms with E-state index < -0.39 is 0 Å². The minimum Gasteiger partial charge on any atom is -0.121 e. The molecule has 0 aromatic carbocycles. The van der Waals surface area contributed by atoms with Crippen molar-refractivity contribution in [3.05, 3.63) is 14.3 Å². The first-order chi connectivity index (χ1) is 4.24. The maximum atomic E-state index is 3.44. The number of hydrogen-bond acceptors (Lipinski definition) is 2. The second-order valence-electron chi connectivity index (χ2n) is 1.39. The summed E-state index contributed by atoms with van der Waals surface area (Å²) in [6.45, 7) is 0. The average molecular weight is 288 g/mol. The fourth-order valence-corrected chi connectivity index (χ4v) is 4.28. The quantitative estimate of drug-likeness (QED) is 0.704. The molecule has 1 aromatic heterocycles. The van der Waals surface area contributed by atoms with Gasteiger partial charge in [-0.25, -0.2) is 0 Å². The van der Waals surface area contributed by atoms with E-state index in [1.165, 1.54) is 12.5 Å². The van der Waals surface area contributed by atoms with E-state index in [1.807, 2.05) is 0 Å². The molecule has 0 saturated carbocycles. The third-order valence-corrected chi connectivity index (χ3v) is 4.73. The Hall–Kier alpha value is 1.01. The molecule has 9 heavy (non-hydrogen) atoms. The Bertz CT molecular complexity index is 207. The van der Waals surface area contributed by atoms with Crippen LogP contribution in [0.15, 0.2) is 18.5 Å². The van der Waals surface area contributed by atoms with Gasteiger partial charge >= 0.3 is 0 Å². The van der Waals surface area contributed by atoms with Gasteiger partial charge in [0.15, 0.2) is 0 Å². The molecule has 0 amide bonds. The summed E-state index contributed by atoms with van der Waals surface area (Å²) >= 11 is 10.3. The Morgan fingerprint density at radius 3 is 2.44 bits per heavy atom. The Labute approximate surface area is 79.3 Å². The van der Waals surface area contributed by atoms with E-state index in [0.717, 1.165) is 0 Å². The summed E-state index contributed by atoms with van der Waals surface area (Å²) in [5.41, 5.74) is 0. The van der Waals surface area contributed by atoms with Crippen LogP contribution >= 0.6 is 55.0 Å². The number of thiophene rings is 1. The number of thioether (sulfide) groups is 1. The fraction of sp³-hybridized carbons (Fsp3) is 0.200. The van der Waals surface area contributed by atoms with Crippen LogP contribution in [0.4, 0.5) is 0 Å². The third kappa shape index (κ3) is 1.97. The van der Waals surface area contributed by atoms with Gasteiger partial charge in [0.1, 0.15) is 0 Å². The zero-order valence-electron chi connectivity index (χ0n) is 4.65. The molecule has 0 aliphatic heterocycles. The predicted octanol–water partition coefficient (Wildman–Crippen LogP) is 4.00. The summed E-state index contributed by atoms with van der Waals surface area (Å²) in [7, 11) is 0. The maximum Gasteiger partial charge on any atom is 0.0750 e. The standard InChI is InChI=1S/C5H4Br2S2/c1-8-5-3(6)2-4(7)9-5/h2H,1H3. The summed E-state index contributed by atoms with van der Waals surface area (Å²) in [6, 6.07) is 2.07. The normalized spacial score (nSPS) is 10.1. The summed E-state index contributed by atoms with van der Waals surface area (Å²) in [5, 5.41) is 0. The van der Waals surface area contributed by atoms with Crippen LogP contribution in [0.25, 0.3) is 0 Å². The molecule has 1 aromatic rings. The van der Waals surface area contributed by atoms with Crippen molar-refractivity contribution in [3.63, 3.8) is 0 Å². The topological polar surface area (TPSA) is 0 Å². The van der Waals surface area contributed by atoms with E-state index in [2.05, 4.69) is 44.2 Å². The van der Waals surface area contributed by atoms with Crippen molar-refractivity contribution in [2.24, 2.45) is 0 Å². The van der Waals surface area contributed by atoms with Crippen molar-refractivity contribution in [1.29, 1.82) is 0 Å². The molecule has 0 atom stereocenters. The smallest absolute Gasteiger partial charge is 0.0750 e. The van der Waals surface area contributed by atoms with Crippen molar-refractivity contribution in [3.8, 4) is 0 Å². The lowest BCUT2D eigenvalue weighted by Gasteiger charge is -1.85. The predicted molar refractivity (Wildman–Crippen MR) is 51.5 cm³/mol. The number of hydrogen-bond donors (Lipinski definition) is 0. The van der Waals surface area contributed by atoms with Gasteiger partial charge in [-0.15, -0.1) is 23.1 Å². The van der Waals surface area contributed by atoms with Crippen molar-refractivity contribution >= 4 is 55.0 Å². The van der Waals surface area contributed by atoms with Crippen LogP contribution in [-0.2, 0) is 0 Å². The lowest BCUT2D eigenvalue weighted by Crippen LogP contribution is -1.54. The minimum absolute atomic E-state index is 1.18. The molecule has 0 aliphatic carbocycles. The molecule has 4 heteroatoms. The molecule has 1 heterocycles. The van der Waals surface area contributed by atoms with Crippen molar-refractivity contribution in [2.45, 2.75) is 4.21 Å². The molecule has 1 rings (SSSR count). The van der Waals surface area contributed by atoms with Gasteiger partial charge in [0.05, 0.1) is 8.00 Å². The van der Waals surface area contributed by atoms with Crippen LogP contribution in [0, 0.1) is 0 Å². The molecule has 0 bridgehead atoms. The zero-order chi connectivity index (χ0) is 6.85. The highest BCUT2D eigenvalue weighted by molar-refractivity contribution is 9.11. The molecule has 50 valence electrons. The third-order valence-electron chi connectivity index (χ3n) is 0.811. The van der Waals surface area contributed by atoms with E-state index in [9.17, 15) is 0 Å². The summed E-state index contributed by atoms with van der Waals surface area (Å²) in [6.07, 6.45) is 2.07. The van der Waals surface area contributed by atoms with E-state index >= 15 is 0 Å². The minimum atomic E-state index is 1.18. The van der Waals surface area contributed by atoms with Gasteiger partial charge in [-0.05, 0) is 44.2 Å². The largest absolute Gasteiger partial charge is 0.121 e. The number of halogens is 2. The van der Waals surface area contributed by atoms with Crippen LogP contribution in [0.5, 0.6) is 0 Å². The van der Waals surface area contributed by atoms with Crippen LogP contribution in [0.3, 0.4) is 0 Å². The van der Waals surface area contributed by atoms with Crippen LogP contribution in [0.1, 0.15) is 0 Å². The number of rotatable bonds is 1. The lowest BCUT2D eigenvalue weighted by molar-refractivity contribution is 1.64. The molecular formula is C5H4Br2S2. The van der Waals surface area contributed by atoms with Crippen LogP contribution < -0.4 is 0 Å². The van der Waals surface area contributed by atoms with Gasteiger partial charge in [-0.1, -0.05) is 0 Å². The first-order valence-corrected chi connectivity index (χ1v) is 5.85. The Kier molecular flexibility index (Phi) is 3.08. The molecule has 0 saturated heterocycles. The van der Waals surface area contributed by atoms with Crippen molar-refractivity contribution < 1.29 is 0 Å². The fourth-order valence-electron chi connectivity index (χ4n) is 0.464. The van der Waals surface area contributed by atoms with Gasteiger partial charge in [-0.3, -0.25) is 0 Å². The summed E-state index contributed by atoms with van der Waals surface area (Å²) < 4.78 is 3.69. The monoisotopic (exact) mass is 286 g/mol. The Morgan fingerprint density at radius 1 is 1.56 bits per heavy atom. The molecule has 0 N–H and O–H groups in total. The SMILES string of the molecule is CSc1sc(Br)cc1Br. The zero-order valence-corrected chi connectivity index (χ0v) is 9.45. The van der Waals surface area contributed by atoms with Crippen LogP contribution in [-0.4, -0.2) is 6.26 Å².